The molecule has 45 heavy (non-hydrogen) atoms. The van der Waals surface area contributed by atoms with Gasteiger partial charge in [0.2, 0.25) is 11.8 Å². The molecule has 0 aliphatic rings. The lowest BCUT2D eigenvalue weighted by Crippen LogP contribution is -2.53. The normalized spacial score (nSPS) is 11.8. The summed E-state index contributed by atoms with van der Waals surface area (Å²) in [7, 11) is -2.76. The van der Waals surface area contributed by atoms with Crippen molar-refractivity contribution in [2.75, 3.05) is 24.5 Å². The number of para-hydroxylation sites is 2. The predicted octanol–water partition coefficient (Wildman–Crippen LogP) is 5.76. The number of carbonyl (C=O) groups is 2. The highest BCUT2D eigenvalue weighted by atomic mass is 32.2. The van der Waals surface area contributed by atoms with Crippen molar-refractivity contribution in [1.29, 1.82) is 0 Å². The Morgan fingerprint density at radius 3 is 2.09 bits per heavy atom. The fraction of sp³-hybridized carbons (Fsp3) is 0.278. The van der Waals surface area contributed by atoms with Crippen molar-refractivity contribution in [2.45, 2.75) is 50.6 Å². The van der Waals surface area contributed by atoms with E-state index in [2.05, 4.69) is 5.32 Å². The summed E-state index contributed by atoms with van der Waals surface area (Å²) in [5.41, 5.74) is 2.99. The molecule has 0 saturated carbocycles. The van der Waals surface area contributed by atoms with Gasteiger partial charge >= 0.3 is 0 Å². The van der Waals surface area contributed by atoms with Crippen molar-refractivity contribution in [3.63, 3.8) is 0 Å². The smallest absolute Gasteiger partial charge is 0.264 e. The molecule has 0 aliphatic carbocycles. The van der Waals surface area contributed by atoms with Crippen LogP contribution in [0, 0.1) is 6.92 Å². The first-order valence-corrected chi connectivity index (χ1v) is 16.6. The van der Waals surface area contributed by atoms with Crippen LogP contribution in [-0.2, 0) is 32.6 Å². The highest BCUT2D eigenvalue weighted by Gasteiger charge is 2.35. The fourth-order valence-electron chi connectivity index (χ4n) is 5.02. The number of amides is 2. The van der Waals surface area contributed by atoms with Gasteiger partial charge in [-0.3, -0.25) is 13.9 Å². The fourth-order valence-corrected chi connectivity index (χ4v) is 6.46. The van der Waals surface area contributed by atoms with E-state index in [-0.39, 0.29) is 29.5 Å². The number of unbranched alkanes of at least 4 members (excludes halogenated alkanes) is 1. The van der Waals surface area contributed by atoms with E-state index in [1.54, 1.807) is 42.5 Å². The van der Waals surface area contributed by atoms with Gasteiger partial charge in [0.25, 0.3) is 10.0 Å². The lowest BCUT2D eigenvalue weighted by Gasteiger charge is -2.34. The number of rotatable bonds is 15. The van der Waals surface area contributed by atoms with Gasteiger partial charge in [0.15, 0.2) is 0 Å². The van der Waals surface area contributed by atoms with E-state index >= 15 is 0 Å². The number of aryl methyl sites for hydroxylation is 1. The van der Waals surface area contributed by atoms with Gasteiger partial charge in [0.05, 0.1) is 17.7 Å². The first-order chi connectivity index (χ1) is 21.7. The lowest BCUT2D eigenvalue weighted by atomic mass is 10.0. The first kappa shape index (κ1) is 33.3. The molecule has 9 heteroatoms. The van der Waals surface area contributed by atoms with E-state index in [1.807, 2.05) is 68.4 Å². The Kier molecular flexibility index (Phi) is 11.8. The van der Waals surface area contributed by atoms with Gasteiger partial charge in [0, 0.05) is 19.5 Å². The van der Waals surface area contributed by atoms with Crippen molar-refractivity contribution in [1.82, 2.24) is 10.2 Å². The second kappa shape index (κ2) is 15.9. The topological polar surface area (TPSA) is 96.0 Å². The Bertz CT molecular complexity index is 1650. The number of ether oxygens (including phenoxy) is 1. The molecule has 4 aromatic rings. The Hall–Kier alpha value is -4.63. The molecule has 0 radical (unpaired) electrons. The van der Waals surface area contributed by atoms with Gasteiger partial charge < -0.3 is 15.0 Å². The van der Waals surface area contributed by atoms with Crippen LogP contribution >= 0.6 is 0 Å². The third-order valence-electron chi connectivity index (χ3n) is 7.54. The van der Waals surface area contributed by atoms with E-state index in [4.69, 9.17) is 4.74 Å². The van der Waals surface area contributed by atoms with Gasteiger partial charge in [-0.15, -0.1) is 0 Å². The van der Waals surface area contributed by atoms with Crippen LogP contribution in [0.3, 0.4) is 0 Å². The molecule has 0 spiro atoms. The molecule has 0 aromatic heterocycles. The molecule has 1 atom stereocenters. The van der Waals surface area contributed by atoms with Crippen LogP contribution in [-0.4, -0.2) is 51.4 Å². The molecular weight excluding hydrogens is 586 g/mol. The minimum Gasteiger partial charge on any atom is -0.495 e. The number of carbonyl (C=O) groups excluding carboxylic acids is 2. The number of nitrogens with one attached hydrogen (secondary N) is 1. The number of benzene rings is 4. The van der Waals surface area contributed by atoms with Crippen molar-refractivity contribution < 1.29 is 22.7 Å². The molecular formula is C36H41N3O5S. The Morgan fingerprint density at radius 1 is 0.822 bits per heavy atom. The Morgan fingerprint density at radius 2 is 1.44 bits per heavy atom. The van der Waals surface area contributed by atoms with Crippen LogP contribution in [0.2, 0.25) is 0 Å². The van der Waals surface area contributed by atoms with Crippen LogP contribution < -0.4 is 14.4 Å². The first-order valence-electron chi connectivity index (χ1n) is 15.1. The lowest BCUT2D eigenvalue weighted by molar-refractivity contribution is -0.140. The second-order valence-corrected chi connectivity index (χ2v) is 12.7. The zero-order chi connectivity index (χ0) is 32.2. The molecule has 2 amide bonds. The Labute approximate surface area is 266 Å². The Balaban J connectivity index is 1.80. The average molecular weight is 628 g/mol. The summed E-state index contributed by atoms with van der Waals surface area (Å²) in [6, 6.07) is 31.0. The van der Waals surface area contributed by atoms with Gasteiger partial charge in [-0.05, 0) is 48.7 Å². The van der Waals surface area contributed by atoms with E-state index in [9.17, 15) is 18.0 Å². The van der Waals surface area contributed by atoms with Crippen molar-refractivity contribution >= 4 is 27.5 Å². The summed E-state index contributed by atoms with van der Waals surface area (Å²) in [5.74, 6) is -0.511. The van der Waals surface area contributed by atoms with Gasteiger partial charge in [-0.25, -0.2) is 8.42 Å². The largest absolute Gasteiger partial charge is 0.495 e. The highest BCUT2D eigenvalue weighted by molar-refractivity contribution is 7.92. The molecule has 8 nitrogen and oxygen atoms in total. The van der Waals surface area contributed by atoms with Crippen molar-refractivity contribution in [3.8, 4) is 5.75 Å². The van der Waals surface area contributed by atoms with Crippen LogP contribution in [0.5, 0.6) is 5.75 Å². The van der Waals surface area contributed by atoms with E-state index in [0.717, 1.165) is 33.8 Å². The molecule has 0 unspecified atom stereocenters. The quantitative estimate of drug-likeness (QED) is 0.169. The van der Waals surface area contributed by atoms with Crippen LogP contribution in [0.4, 0.5) is 5.69 Å². The predicted molar refractivity (Wildman–Crippen MR) is 178 cm³/mol. The molecule has 4 rings (SSSR count). The SMILES string of the molecule is CCCCNC(=O)[C@@H](Cc1ccccc1)N(Cc1ccc(C)cc1)C(=O)CN(c1ccccc1OC)S(=O)(=O)c1ccccc1. The maximum atomic E-state index is 14.5. The molecule has 1 N–H and O–H groups in total. The van der Waals surface area contributed by atoms with E-state index in [1.165, 1.54) is 24.1 Å². The van der Waals surface area contributed by atoms with Crippen molar-refractivity contribution in [2.24, 2.45) is 0 Å². The molecule has 0 aliphatic heterocycles. The van der Waals surface area contributed by atoms with E-state index < -0.39 is 28.5 Å². The minimum absolute atomic E-state index is 0.0342. The summed E-state index contributed by atoms with van der Waals surface area (Å²) >= 11 is 0. The number of hydrogen-bond acceptors (Lipinski definition) is 5. The van der Waals surface area contributed by atoms with Gasteiger partial charge in [-0.2, -0.15) is 0 Å². The molecule has 0 saturated heterocycles. The average Bonchev–Trinajstić information content (AvgIpc) is 3.06. The zero-order valence-electron chi connectivity index (χ0n) is 26.1. The van der Waals surface area contributed by atoms with Crippen LogP contribution in [0.25, 0.3) is 0 Å². The third-order valence-corrected chi connectivity index (χ3v) is 9.31. The summed E-state index contributed by atoms with van der Waals surface area (Å²) in [5, 5.41) is 3.01. The third kappa shape index (κ3) is 8.73. The maximum absolute atomic E-state index is 14.5. The number of hydrogen-bond donors (Lipinski definition) is 1. The molecule has 4 aromatic carbocycles. The highest BCUT2D eigenvalue weighted by Crippen LogP contribution is 2.32. The van der Waals surface area contributed by atoms with Crippen LogP contribution in [0.1, 0.15) is 36.5 Å². The number of nitrogens with zero attached hydrogens (tertiary/aromatic N) is 2. The van der Waals surface area contributed by atoms with Gasteiger partial charge in [-0.1, -0.05) is 104 Å². The van der Waals surface area contributed by atoms with E-state index in [0.29, 0.717) is 12.3 Å². The van der Waals surface area contributed by atoms with Gasteiger partial charge in [0.1, 0.15) is 18.3 Å². The molecule has 236 valence electrons. The minimum atomic E-state index is -4.21. The van der Waals surface area contributed by atoms with Crippen LogP contribution in [0.15, 0.2) is 114 Å². The second-order valence-electron chi connectivity index (χ2n) is 10.9. The number of methoxy groups -OCH3 is 1. The monoisotopic (exact) mass is 627 g/mol. The molecule has 0 heterocycles. The summed E-state index contributed by atoms with van der Waals surface area (Å²) in [6.07, 6.45) is 1.96. The summed E-state index contributed by atoms with van der Waals surface area (Å²) in [6.45, 7) is 4.06. The summed E-state index contributed by atoms with van der Waals surface area (Å²) < 4.78 is 34.9. The van der Waals surface area contributed by atoms with Crippen molar-refractivity contribution in [3.05, 3.63) is 126 Å². The molecule has 0 bridgehead atoms. The summed E-state index contributed by atoms with van der Waals surface area (Å²) in [4.78, 5) is 29.9. The standard InChI is InChI=1S/C36H41N3O5S/c1-4-5-24-37-36(41)33(25-29-14-8-6-9-15-29)38(26-30-22-20-28(2)21-23-30)35(40)27-39(32-18-12-13-19-34(32)44-3)45(42,43)31-16-10-7-11-17-31/h6-23,33H,4-5,24-27H2,1-3H3,(H,37,41)/t33-/m1/s1. The number of anilines is 1. The maximum Gasteiger partial charge on any atom is 0.264 e. The zero-order valence-corrected chi connectivity index (χ0v) is 26.9. The molecule has 0 fully saturated rings. The number of sulfonamides is 1.